The Morgan fingerprint density at radius 1 is 1.43 bits per heavy atom. The zero-order chi connectivity index (χ0) is 10.1. The molecular formula is C11H12O2S. The summed E-state index contributed by atoms with van der Waals surface area (Å²) in [6.07, 6.45) is 0. The zero-order valence-electron chi connectivity index (χ0n) is 8.20. The van der Waals surface area contributed by atoms with Crippen molar-refractivity contribution in [1.82, 2.24) is 0 Å². The van der Waals surface area contributed by atoms with Gasteiger partial charge in [0.25, 0.3) is 0 Å². The first kappa shape index (κ1) is 9.34. The number of phenols is 1. The molecule has 0 amide bonds. The van der Waals surface area contributed by atoms with E-state index in [2.05, 4.69) is 0 Å². The number of phenolic OH excluding ortho intramolecular Hbond substituents is 1. The first-order valence-corrected chi connectivity index (χ1v) is 5.44. The predicted molar refractivity (Wildman–Crippen MR) is 59.4 cm³/mol. The molecule has 2 aromatic rings. The van der Waals surface area contributed by atoms with E-state index in [1.54, 1.807) is 17.4 Å². The third-order valence-electron chi connectivity index (χ3n) is 2.15. The fourth-order valence-electron chi connectivity index (χ4n) is 1.53. The number of aryl methyl sites for hydroxylation is 1. The summed E-state index contributed by atoms with van der Waals surface area (Å²) in [7, 11) is 0. The van der Waals surface area contributed by atoms with E-state index < -0.39 is 0 Å². The molecule has 0 bridgehead atoms. The van der Waals surface area contributed by atoms with Crippen LogP contribution in [0.1, 0.15) is 12.5 Å². The molecule has 2 rings (SSSR count). The van der Waals surface area contributed by atoms with E-state index in [1.807, 2.05) is 25.3 Å². The Balaban J connectivity index is 2.70. The topological polar surface area (TPSA) is 29.5 Å². The Morgan fingerprint density at radius 3 is 2.93 bits per heavy atom. The number of hydrogen-bond donors (Lipinski definition) is 1. The van der Waals surface area contributed by atoms with Crippen LogP contribution in [0.5, 0.6) is 11.5 Å². The summed E-state index contributed by atoms with van der Waals surface area (Å²) in [5.41, 5.74) is 1.10. The second-order valence-corrected chi connectivity index (χ2v) is 4.02. The highest BCUT2D eigenvalue weighted by Gasteiger charge is 2.10. The number of fused-ring (bicyclic) bond motifs is 1. The molecule has 0 aliphatic carbocycles. The normalized spacial score (nSPS) is 10.7. The summed E-state index contributed by atoms with van der Waals surface area (Å²) in [6.45, 7) is 4.60. The number of benzene rings is 1. The zero-order valence-corrected chi connectivity index (χ0v) is 9.02. The molecule has 14 heavy (non-hydrogen) atoms. The molecule has 2 nitrogen and oxygen atoms in total. The minimum atomic E-state index is 0.335. The van der Waals surface area contributed by atoms with Crippen molar-refractivity contribution in [2.45, 2.75) is 13.8 Å². The van der Waals surface area contributed by atoms with Crippen LogP contribution in [0.4, 0.5) is 0 Å². The first-order valence-electron chi connectivity index (χ1n) is 4.56. The maximum absolute atomic E-state index is 9.68. The van der Waals surface area contributed by atoms with Gasteiger partial charge in [0.05, 0.1) is 11.3 Å². The van der Waals surface area contributed by atoms with Crippen molar-refractivity contribution >= 4 is 21.4 Å². The van der Waals surface area contributed by atoms with Gasteiger partial charge in [-0.25, -0.2) is 0 Å². The van der Waals surface area contributed by atoms with Crippen LogP contribution in [0.3, 0.4) is 0 Å². The largest absolute Gasteiger partial charge is 0.507 e. The van der Waals surface area contributed by atoms with Crippen LogP contribution in [-0.2, 0) is 0 Å². The van der Waals surface area contributed by atoms with Gasteiger partial charge >= 0.3 is 0 Å². The van der Waals surface area contributed by atoms with Crippen molar-refractivity contribution < 1.29 is 9.84 Å². The number of thiophene rings is 1. The number of ether oxygens (including phenoxy) is 1. The molecule has 0 atom stereocenters. The Morgan fingerprint density at radius 2 is 2.21 bits per heavy atom. The fraction of sp³-hybridized carbons (Fsp3) is 0.273. The van der Waals surface area contributed by atoms with Crippen molar-refractivity contribution in [2.24, 2.45) is 0 Å². The Kier molecular flexibility index (Phi) is 2.33. The number of hydrogen-bond acceptors (Lipinski definition) is 3. The summed E-state index contributed by atoms with van der Waals surface area (Å²) in [6, 6.07) is 3.50. The fourth-order valence-corrected chi connectivity index (χ4v) is 2.57. The molecule has 0 fully saturated rings. The standard InChI is InChI=1S/C11H12O2S/c1-3-13-9-5-4-8(12)10-7(2)6-14-11(9)10/h4-6,12H,3H2,1-2H3. The lowest BCUT2D eigenvalue weighted by Gasteiger charge is -2.05. The maximum Gasteiger partial charge on any atom is 0.137 e. The van der Waals surface area contributed by atoms with Crippen molar-refractivity contribution in [1.29, 1.82) is 0 Å². The lowest BCUT2D eigenvalue weighted by Crippen LogP contribution is -1.90. The quantitative estimate of drug-likeness (QED) is 0.820. The SMILES string of the molecule is CCOc1ccc(O)c2c(C)csc12. The third kappa shape index (κ3) is 1.34. The molecular weight excluding hydrogens is 196 g/mol. The van der Waals surface area contributed by atoms with Gasteiger partial charge in [-0.3, -0.25) is 0 Å². The lowest BCUT2D eigenvalue weighted by atomic mass is 10.1. The van der Waals surface area contributed by atoms with Gasteiger partial charge in [-0.15, -0.1) is 11.3 Å². The van der Waals surface area contributed by atoms with Crippen LogP contribution in [0.25, 0.3) is 10.1 Å². The van der Waals surface area contributed by atoms with E-state index in [4.69, 9.17) is 4.74 Å². The smallest absolute Gasteiger partial charge is 0.137 e. The molecule has 0 saturated heterocycles. The van der Waals surface area contributed by atoms with E-state index in [-0.39, 0.29) is 0 Å². The maximum atomic E-state index is 9.68. The van der Waals surface area contributed by atoms with Crippen molar-refractivity contribution in [3.05, 3.63) is 23.1 Å². The van der Waals surface area contributed by atoms with Crippen molar-refractivity contribution in [3.8, 4) is 11.5 Å². The molecule has 1 aromatic carbocycles. The van der Waals surface area contributed by atoms with Gasteiger partial charge in [-0.2, -0.15) is 0 Å². The second kappa shape index (κ2) is 3.50. The molecule has 1 heterocycles. The average Bonchev–Trinajstić information content (AvgIpc) is 2.54. The van der Waals surface area contributed by atoms with Gasteiger partial charge in [0.1, 0.15) is 11.5 Å². The Labute approximate surface area is 86.8 Å². The monoisotopic (exact) mass is 208 g/mol. The molecule has 74 valence electrons. The van der Waals surface area contributed by atoms with Crippen LogP contribution in [0.2, 0.25) is 0 Å². The van der Waals surface area contributed by atoms with Gasteiger partial charge in [-0.1, -0.05) is 0 Å². The van der Waals surface area contributed by atoms with Gasteiger partial charge in [0.15, 0.2) is 0 Å². The predicted octanol–water partition coefficient (Wildman–Crippen LogP) is 3.31. The van der Waals surface area contributed by atoms with Crippen molar-refractivity contribution in [3.63, 3.8) is 0 Å². The average molecular weight is 208 g/mol. The van der Waals surface area contributed by atoms with E-state index in [0.717, 1.165) is 21.4 Å². The van der Waals surface area contributed by atoms with Crippen LogP contribution < -0.4 is 4.74 Å². The molecule has 0 aliphatic heterocycles. The van der Waals surface area contributed by atoms with Gasteiger partial charge < -0.3 is 9.84 Å². The molecule has 3 heteroatoms. The van der Waals surface area contributed by atoms with Crippen LogP contribution in [0.15, 0.2) is 17.5 Å². The molecule has 0 unspecified atom stereocenters. The number of rotatable bonds is 2. The highest BCUT2D eigenvalue weighted by molar-refractivity contribution is 7.17. The van der Waals surface area contributed by atoms with Crippen molar-refractivity contribution in [2.75, 3.05) is 6.61 Å². The highest BCUT2D eigenvalue weighted by atomic mass is 32.1. The van der Waals surface area contributed by atoms with Gasteiger partial charge in [-0.05, 0) is 36.9 Å². The van der Waals surface area contributed by atoms with Gasteiger partial charge in [0, 0.05) is 5.39 Å². The Hall–Kier alpha value is -1.22. The van der Waals surface area contributed by atoms with Crippen LogP contribution in [0, 0.1) is 6.92 Å². The van der Waals surface area contributed by atoms with Gasteiger partial charge in [0.2, 0.25) is 0 Å². The minimum absolute atomic E-state index is 0.335. The van der Waals surface area contributed by atoms with Crippen LogP contribution in [-0.4, -0.2) is 11.7 Å². The van der Waals surface area contributed by atoms with E-state index in [9.17, 15) is 5.11 Å². The summed E-state index contributed by atoms with van der Waals surface area (Å²) < 4.78 is 6.52. The summed E-state index contributed by atoms with van der Waals surface area (Å²) in [5.74, 6) is 1.20. The third-order valence-corrected chi connectivity index (χ3v) is 3.26. The first-order chi connectivity index (χ1) is 6.74. The molecule has 1 aromatic heterocycles. The number of aromatic hydroxyl groups is 1. The molecule has 0 saturated carbocycles. The van der Waals surface area contributed by atoms with E-state index in [1.165, 1.54) is 0 Å². The lowest BCUT2D eigenvalue weighted by molar-refractivity contribution is 0.344. The molecule has 0 aliphatic rings. The summed E-state index contributed by atoms with van der Waals surface area (Å²) >= 11 is 1.61. The van der Waals surface area contributed by atoms with E-state index in [0.29, 0.717) is 12.4 Å². The highest BCUT2D eigenvalue weighted by Crippen LogP contribution is 2.38. The summed E-state index contributed by atoms with van der Waals surface area (Å²) in [5, 5.41) is 12.6. The second-order valence-electron chi connectivity index (χ2n) is 3.14. The van der Waals surface area contributed by atoms with Crippen LogP contribution >= 0.6 is 11.3 Å². The minimum Gasteiger partial charge on any atom is -0.507 e. The molecule has 0 spiro atoms. The molecule has 1 N–H and O–H groups in total. The van der Waals surface area contributed by atoms with E-state index >= 15 is 0 Å². The summed E-state index contributed by atoms with van der Waals surface area (Å²) in [4.78, 5) is 0. The Bertz CT molecular complexity index is 460. The molecule has 0 radical (unpaired) electrons.